The van der Waals surface area contributed by atoms with Gasteiger partial charge in [0.05, 0.1) is 0 Å². The van der Waals surface area contributed by atoms with Gasteiger partial charge in [-0.3, -0.25) is 4.79 Å². The number of hydrogen-bond acceptors (Lipinski definition) is 3. The minimum atomic E-state index is -0.235. The van der Waals surface area contributed by atoms with Crippen LogP contribution in [0.4, 0.5) is 11.6 Å². The van der Waals surface area contributed by atoms with Crippen LogP contribution in [0, 0.1) is 6.92 Å². The van der Waals surface area contributed by atoms with Gasteiger partial charge in [0.2, 0.25) is 5.95 Å². The molecule has 2 N–H and O–H groups in total. The van der Waals surface area contributed by atoms with E-state index in [2.05, 4.69) is 33.5 Å². The number of anilines is 2. The molecule has 4 nitrogen and oxygen atoms in total. The lowest BCUT2D eigenvalue weighted by Gasteiger charge is -2.11. The van der Waals surface area contributed by atoms with Crippen molar-refractivity contribution in [2.75, 3.05) is 5.32 Å². The normalized spacial score (nSPS) is 13.5. The largest absolute Gasteiger partial charge is 0.329 e. The molecular formula is C21H24ClN3O. The van der Waals surface area contributed by atoms with E-state index in [0.717, 1.165) is 49.0 Å². The van der Waals surface area contributed by atoms with E-state index in [4.69, 9.17) is 11.6 Å². The zero-order chi connectivity index (χ0) is 18.4. The van der Waals surface area contributed by atoms with E-state index in [1.807, 2.05) is 25.1 Å². The van der Waals surface area contributed by atoms with Crippen LogP contribution in [0.3, 0.4) is 0 Å². The zero-order valence-corrected chi connectivity index (χ0v) is 15.8. The van der Waals surface area contributed by atoms with Crippen molar-refractivity contribution in [3.63, 3.8) is 0 Å². The summed E-state index contributed by atoms with van der Waals surface area (Å²) in [5.74, 6) is 0.456. The highest BCUT2D eigenvalue weighted by molar-refractivity contribution is 6.31. The van der Waals surface area contributed by atoms with Crippen molar-refractivity contribution in [2.45, 2.75) is 45.4 Å². The Morgan fingerprint density at radius 1 is 1.27 bits per heavy atom. The molecule has 0 bridgehead atoms. The van der Waals surface area contributed by atoms with Crippen LogP contribution in [-0.2, 0) is 6.42 Å². The summed E-state index contributed by atoms with van der Waals surface area (Å²) in [4.78, 5) is 19.2. The predicted molar refractivity (Wildman–Crippen MR) is 108 cm³/mol. The molecule has 0 amide bonds. The van der Waals surface area contributed by atoms with Crippen LogP contribution in [0.1, 0.15) is 43.4 Å². The highest BCUT2D eigenvalue weighted by atomic mass is 35.5. The Morgan fingerprint density at radius 2 is 2.12 bits per heavy atom. The first-order chi connectivity index (χ1) is 12.6. The third-order valence-corrected chi connectivity index (χ3v) is 5.02. The third-order valence-electron chi connectivity index (χ3n) is 4.61. The number of nitrogens with one attached hydrogen (secondary N) is 2. The summed E-state index contributed by atoms with van der Waals surface area (Å²) < 4.78 is 0. The van der Waals surface area contributed by atoms with Crippen molar-refractivity contribution >= 4 is 23.2 Å². The Morgan fingerprint density at radius 3 is 2.92 bits per heavy atom. The molecule has 1 aromatic heterocycles. The van der Waals surface area contributed by atoms with E-state index in [1.165, 1.54) is 12.0 Å². The molecule has 26 heavy (non-hydrogen) atoms. The number of benzene rings is 1. The minimum Gasteiger partial charge on any atom is -0.329 e. The lowest BCUT2D eigenvalue weighted by atomic mass is 9.99. The molecule has 136 valence electrons. The van der Waals surface area contributed by atoms with Gasteiger partial charge in [0, 0.05) is 22.5 Å². The van der Waals surface area contributed by atoms with Gasteiger partial charge in [-0.2, -0.15) is 4.98 Å². The summed E-state index contributed by atoms with van der Waals surface area (Å²) in [6, 6.07) is 7.21. The number of aromatic amines is 1. The van der Waals surface area contributed by atoms with Crippen molar-refractivity contribution in [1.29, 1.82) is 0 Å². The van der Waals surface area contributed by atoms with E-state index in [0.29, 0.717) is 11.0 Å². The summed E-state index contributed by atoms with van der Waals surface area (Å²) >= 11 is 6.15. The standard InChI is InChI=1S/C21H24ClN3O/c1-15-18(22)12-7-13-19(15)24-21-23-17(14-20(26)25-21)11-6-5-10-16-8-3-2-4-9-16/h2-3,7-8,12-14H,4-6,9-11H2,1H3,(H2,23,24,25,26). The van der Waals surface area contributed by atoms with Crippen LogP contribution >= 0.6 is 11.6 Å². The van der Waals surface area contributed by atoms with Crippen LogP contribution in [0.15, 0.2) is 52.9 Å². The van der Waals surface area contributed by atoms with E-state index in [1.54, 1.807) is 6.07 Å². The van der Waals surface area contributed by atoms with Crippen LogP contribution in [0.2, 0.25) is 5.02 Å². The van der Waals surface area contributed by atoms with Gasteiger partial charge < -0.3 is 10.3 Å². The second-order valence-corrected chi connectivity index (χ2v) is 7.04. The van der Waals surface area contributed by atoms with Crippen molar-refractivity contribution < 1.29 is 0 Å². The van der Waals surface area contributed by atoms with Crippen molar-refractivity contribution in [2.24, 2.45) is 0 Å². The van der Waals surface area contributed by atoms with E-state index in [9.17, 15) is 4.79 Å². The van der Waals surface area contributed by atoms with Gasteiger partial charge in [0.25, 0.3) is 5.56 Å². The molecule has 1 aromatic carbocycles. The molecule has 1 aliphatic carbocycles. The smallest absolute Gasteiger partial charge is 0.274 e. The maximum atomic E-state index is 11.9. The lowest BCUT2D eigenvalue weighted by Crippen LogP contribution is -2.12. The lowest BCUT2D eigenvalue weighted by molar-refractivity contribution is 0.697. The zero-order valence-electron chi connectivity index (χ0n) is 15.0. The number of unbranched alkanes of at least 4 members (excludes halogenated alkanes) is 1. The Kier molecular flexibility index (Phi) is 6.29. The maximum Gasteiger partial charge on any atom is 0.274 e. The fourth-order valence-corrected chi connectivity index (χ4v) is 3.27. The van der Waals surface area contributed by atoms with Gasteiger partial charge in [0.1, 0.15) is 0 Å². The Hall–Kier alpha value is -2.33. The SMILES string of the molecule is Cc1c(Cl)cccc1Nc1nc(=O)cc(CCCCC2=CC=CCC2)[nH]1. The molecule has 1 heterocycles. The number of aryl methyl sites for hydroxylation is 1. The average Bonchev–Trinajstić information content (AvgIpc) is 2.63. The van der Waals surface area contributed by atoms with Gasteiger partial charge in [0.15, 0.2) is 0 Å². The molecule has 0 unspecified atom stereocenters. The predicted octanol–water partition coefficient (Wildman–Crippen LogP) is 5.46. The number of aromatic nitrogens is 2. The first-order valence-corrected chi connectivity index (χ1v) is 9.46. The van der Waals surface area contributed by atoms with Crippen LogP contribution in [0.25, 0.3) is 0 Å². The van der Waals surface area contributed by atoms with E-state index in [-0.39, 0.29) is 5.56 Å². The summed E-state index contributed by atoms with van der Waals surface area (Å²) in [6.07, 6.45) is 13.0. The van der Waals surface area contributed by atoms with Crippen LogP contribution < -0.4 is 10.9 Å². The summed E-state index contributed by atoms with van der Waals surface area (Å²) in [5, 5.41) is 3.85. The Bertz CT molecular complexity index is 883. The molecular weight excluding hydrogens is 346 g/mol. The number of allylic oxidation sites excluding steroid dienone is 4. The van der Waals surface area contributed by atoms with Crippen LogP contribution in [-0.4, -0.2) is 9.97 Å². The average molecular weight is 370 g/mol. The highest BCUT2D eigenvalue weighted by Gasteiger charge is 2.06. The fraction of sp³-hybridized carbons (Fsp3) is 0.333. The second kappa shape index (κ2) is 8.86. The molecule has 3 rings (SSSR count). The number of H-pyrrole nitrogens is 1. The van der Waals surface area contributed by atoms with Crippen molar-refractivity contribution in [3.8, 4) is 0 Å². The number of hydrogen-bond donors (Lipinski definition) is 2. The van der Waals surface area contributed by atoms with E-state index < -0.39 is 0 Å². The fourth-order valence-electron chi connectivity index (χ4n) is 3.10. The summed E-state index contributed by atoms with van der Waals surface area (Å²) in [5.41, 5.74) is 3.97. The van der Waals surface area contributed by atoms with E-state index >= 15 is 0 Å². The molecule has 0 saturated carbocycles. The molecule has 0 spiro atoms. The number of nitrogens with zero attached hydrogens (tertiary/aromatic N) is 1. The molecule has 0 saturated heterocycles. The molecule has 0 fully saturated rings. The molecule has 1 aliphatic rings. The topological polar surface area (TPSA) is 57.8 Å². The van der Waals surface area contributed by atoms with Gasteiger partial charge >= 0.3 is 0 Å². The van der Waals surface area contributed by atoms with Gasteiger partial charge in [-0.25, -0.2) is 0 Å². The van der Waals surface area contributed by atoms with Gasteiger partial charge in [-0.05, 0) is 63.1 Å². The first kappa shape index (κ1) is 18.5. The highest BCUT2D eigenvalue weighted by Crippen LogP contribution is 2.25. The number of rotatable bonds is 7. The summed E-state index contributed by atoms with van der Waals surface area (Å²) in [7, 11) is 0. The molecule has 5 heteroatoms. The molecule has 0 atom stereocenters. The van der Waals surface area contributed by atoms with Gasteiger partial charge in [-0.1, -0.05) is 41.5 Å². The monoisotopic (exact) mass is 369 g/mol. The summed E-state index contributed by atoms with van der Waals surface area (Å²) in [6.45, 7) is 1.93. The maximum absolute atomic E-state index is 11.9. The van der Waals surface area contributed by atoms with Gasteiger partial charge in [-0.15, -0.1) is 0 Å². The second-order valence-electron chi connectivity index (χ2n) is 6.63. The molecule has 0 radical (unpaired) electrons. The third kappa shape index (κ3) is 5.09. The quantitative estimate of drug-likeness (QED) is 0.636. The molecule has 0 aliphatic heterocycles. The molecule has 2 aromatic rings. The minimum absolute atomic E-state index is 0.235. The van der Waals surface area contributed by atoms with Crippen molar-refractivity contribution in [1.82, 2.24) is 9.97 Å². The number of halogens is 1. The Labute approximate surface area is 159 Å². The van der Waals surface area contributed by atoms with Crippen LogP contribution in [0.5, 0.6) is 0 Å². The first-order valence-electron chi connectivity index (χ1n) is 9.09. The van der Waals surface area contributed by atoms with Crippen molar-refractivity contribution in [3.05, 3.63) is 74.7 Å². The Balaban J connectivity index is 1.60.